The van der Waals surface area contributed by atoms with Gasteiger partial charge in [-0.15, -0.1) is 0 Å². The summed E-state index contributed by atoms with van der Waals surface area (Å²) in [6, 6.07) is 10.2. The van der Waals surface area contributed by atoms with E-state index in [1.165, 1.54) is 6.07 Å². The number of carboxylic acids is 1. The molecule has 0 amide bonds. The highest BCUT2D eigenvalue weighted by atomic mass is 16.4. The fraction of sp³-hybridized carbons (Fsp3) is 0.0667. The Morgan fingerprint density at radius 2 is 1.85 bits per heavy atom. The summed E-state index contributed by atoms with van der Waals surface area (Å²) in [5, 5.41) is 18.2. The Morgan fingerprint density at radius 1 is 1.10 bits per heavy atom. The molecule has 0 fully saturated rings. The summed E-state index contributed by atoms with van der Waals surface area (Å²) in [4.78, 5) is 15.4. The van der Waals surface area contributed by atoms with E-state index in [1.807, 2.05) is 18.3 Å². The molecule has 1 aromatic carbocycles. The van der Waals surface area contributed by atoms with E-state index in [-0.39, 0.29) is 11.3 Å². The van der Waals surface area contributed by atoms with Gasteiger partial charge in [-0.05, 0) is 29.8 Å². The standard InChI is InChI=1S/C15H12N2O3/c18-13-4-1-10(2-5-13)7-12-9-17-8-11(15(19)20)3-6-14(17)16-12/h1-6,8-9,18H,7H2,(H,19,20). The molecule has 2 N–H and O–H groups in total. The number of carboxylic acid groups (broad SMARTS) is 1. The number of benzene rings is 1. The molecule has 0 saturated carbocycles. The summed E-state index contributed by atoms with van der Waals surface area (Å²) < 4.78 is 1.71. The second-order valence-electron chi connectivity index (χ2n) is 4.56. The summed E-state index contributed by atoms with van der Waals surface area (Å²) in [7, 11) is 0. The molecule has 0 bridgehead atoms. The van der Waals surface area contributed by atoms with Crippen LogP contribution in [0, 0.1) is 0 Å². The van der Waals surface area contributed by atoms with Gasteiger partial charge in [0.25, 0.3) is 0 Å². The van der Waals surface area contributed by atoms with E-state index in [1.54, 1.807) is 28.8 Å². The van der Waals surface area contributed by atoms with Gasteiger partial charge in [-0.2, -0.15) is 0 Å². The molecule has 0 aliphatic carbocycles. The van der Waals surface area contributed by atoms with E-state index in [2.05, 4.69) is 4.98 Å². The van der Waals surface area contributed by atoms with Crippen LogP contribution in [0.4, 0.5) is 0 Å². The largest absolute Gasteiger partial charge is 0.508 e. The average molecular weight is 268 g/mol. The molecule has 0 aliphatic rings. The van der Waals surface area contributed by atoms with Crippen molar-refractivity contribution in [2.45, 2.75) is 6.42 Å². The molecule has 0 saturated heterocycles. The Morgan fingerprint density at radius 3 is 2.55 bits per heavy atom. The van der Waals surface area contributed by atoms with Crippen LogP contribution in [0.1, 0.15) is 21.6 Å². The number of aromatic carboxylic acids is 1. The molecule has 100 valence electrons. The van der Waals surface area contributed by atoms with Crippen molar-refractivity contribution in [2.24, 2.45) is 0 Å². The maximum Gasteiger partial charge on any atom is 0.337 e. The third kappa shape index (κ3) is 2.33. The van der Waals surface area contributed by atoms with Gasteiger partial charge in [-0.3, -0.25) is 0 Å². The van der Waals surface area contributed by atoms with Crippen LogP contribution >= 0.6 is 0 Å². The van der Waals surface area contributed by atoms with Crippen molar-refractivity contribution in [1.29, 1.82) is 0 Å². The second-order valence-corrected chi connectivity index (χ2v) is 4.56. The van der Waals surface area contributed by atoms with Gasteiger partial charge in [-0.1, -0.05) is 12.1 Å². The van der Waals surface area contributed by atoms with Crippen LogP contribution in [0.25, 0.3) is 5.65 Å². The minimum atomic E-state index is -0.958. The van der Waals surface area contributed by atoms with Crippen molar-refractivity contribution in [1.82, 2.24) is 9.38 Å². The molecule has 0 aliphatic heterocycles. The molecule has 3 aromatic rings. The average Bonchev–Trinajstić information content (AvgIpc) is 2.82. The van der Waals surface area contributed by atoms with Gasteiger partial charge in [0, 0.05) is 18.8 Å². The number of aromatic nitrogens is 2. The Bertz CT molecular complexity index is 775. The zero-order valence-electron chi connectivity index (χ0n) is 10.5. The Kier molecular flexibility index (Phi) is 2.87. The van der Waals surface area contributed by atoms with Crippen LogP contribution in [-0.2, 0) is 6.42 Å². The van der Waals surface area contributed by atoms with Gasteiger partial charge in [-0.25, -0.2) is 9.78 Å². The highest BCUT2D eigenvalue weighted by Crippen LogP contribution is 2.15. The molecular formula is C15H12N2O3. The maximum absolute atomic E-state index is 10.9. The van der Waals surface area contributed by atoms with Crippen LogP contribution in [0.3, 0.4) is 0 Å². The second kappa shape index (κ2) is 4.70. The zero-order chi connectivity index (χ0) is 14.1. The van der Waals surface area contributed by atoms with Crippen molar-refractivity contribution in [3.63, 3.8) is 0 Å². The minimum Gasteiger partial charge on any atom is -0.508 e. The lowest BCUT2D eigenvalue weighted by Gasteiger charge is -1.97. The number of hydrogen-bond donors (Lipinski definition) is 2. The van der Waals surface area contributed by atoms with Crippen molar-refractivity contribution in [3.8, 4) is 5.75 Å². The monoisotopic (exact) mass is 268 g/mol. The van der Waals surface area contributed by atoms with E-state index in [0.717, 1.165) is 11.3 Å². The number of carbonyl (C=O) groups is 1. The molecule has 2 heterocycles. The summed E-state index contributed by atoms with van der Waals surface area (Å²) in [6.07, 6.45) is 3.99. The van der Waals surface area contributed by atoms with E-state index in [9.17, 15) is 9.90 Å². The first-order valence-electron chi connectivity index (χ1n) is 6.11. The predicted octanol–water partition coefficient (Wildman–Crippen LogP) is 2.33. The van der Waals surface area contributed by atoms with Crippen molar-refractivity contribution in [3.05, 3.63) is 65.6 Å². The highest BCUT2D eigenvalue weighted by molar-refractivity contribution is 5.87. The lowest BCUT2D eigenvalue weighted by molar-refractivity contribution is 0.0696. The van der Waals surface area contributed by atoms with Gasteiger partial charge < -0.3 is 14.6 Å². The Balaban J connectivity index is 1.92. The molecule has 2 aromatic heterocycles. The summed E-state index contributed by atoms with van der Waals surface area (Å²) in [6.45, 7) is 0. The lowest BCUT2D eigenvalue weighted by atomic mass is 10.1. The molecular weight excluding hydrogens is 256 g/mol. The highest BCUT2D eigenvalue weighted by Gasteiger charge is 2.07. The molecule has 0 atom stereocenters. The van der Waals surface area contributed by atoms with E-state index in [0.29, 0.717) is 12.1 Å². The number of phenolic OH excluding ortho intramolecular Hbond substituents is 1. The maximum atomic E-state index is 10.9. The Hall–Kier alpha value is -2.82. The normalized spacial score (nSPS) is 10.8. The lowest BCUT2D eigenvalue weighted by Crippen LogP contribution is -1.97. The van der Waals surface area contributed by atoms with Gasteiger partial charge in [0.15, 0.2) is 0 Å². The van der Waals surface area contributed by atoms with Crippen LogP contribution in [0.5, 0.6) is 5.75 Å². The van der Waals surface area contributed by atoms with Gasteiger partial charge in [0.2, 0.25) is 0 Å². The van der Waals surface area contributed by atoms with Crippen molar-refractivity contribution >= 4 is 11.6 Å². The predicted molar refractivity (Wildman–Crippen MR) is 73.1 cm³/mol. The summed E-state index contributed by atoms with van der Waals surface area (Å²) >= 11 is 0. The third-order valence-electron chi connectivity index (χ3n) is 3.07. The van der Waals surface area contributed by atoms with Gasteiger partial charge >= 0.3 is 5.97 Å². The molecule has 3 rings (SSSR count). The number of rotatable bonds is 3. The van der Waals surface area contributed by atoms with E-state index >= 15 is 0 Å². The SMILES string of the molecule is O=C(O)c1ccc2nc(Cc3ccc(O)cc3)cn2c1. The quantitative estimate of drug-likeness (QED) is 0.764. The molecule has 5 nitrogen and oxygen atoms in total. The minimum absolute atomic E-state index is 0.228. The fourth-order valence-corrected chi connectivity index (χ4v) is 2.08. The summed E-state index contributed by atoms with van der Waals surface area (Å²) in [5.74, 6) is -0.726. The topological polar surface area (TPSA) is 74.8 Å². The number of aromatic hydroxyl groups is 1. The molecule has 20 heavy (non-hydrogen) atoms. The van der Waals surface area contributed by atoms with Crippen LogP contribution in [-0.4, -0.2) is 25.6 Å². The Labute approximate surface area is 114 Å². The zero-order valence-corrected chi connectivity index (χ0v) is 10.5. The molecule has 0 spiro atoms. The summed E-state index contributed by atoms with van der Waals surface area (Å²) in [5.41, 5.74) is 2.82. The number of phenols is 1. The van der Waals surface area contributed by atoms with Gasteiger partial charge in [0.05, 0.1) is 11.3 Å². The number of fused-ring (bicyclic) bond motifs is 1. The van der Waals surface area contributed by atoms with Crippen LogP contribution < -0.4 is 0 Å². The third-order valence-corrected chi connectivity index (χ3v) is 3.07. The fourth-order valence-electron chi connectivity index (χ4n) is 2.08. The number of nitrogens with zero attached hydrogens (tertiary/aromatic N) is 2. The number of pyridine rings is 1. The first-order chi connectivity index (χ1) is 9.61. The first kappa shape index (κ1) is 12.2. The van der Waals surface area contributed by atoms with Crippen molar-refractivity contribution < 1.29 is 15.0 Å². The van der Waals surface area contributed by atoms with Crippen LogP contribution in [0.2, 0.25) is 0 Å². The smallest absolute Gasteiger partial charge is 0.337 e. The number of imidazole rings is 1. The molecule has 5 heteroatoms. The van der Waals surface area contributed by atoms with Crippen molar-refractivity contribution in [2.75, 3.05) is 0 Å². The van der Waals surface area contributed by atoms with Crippen LogP contribution in [0.15, 0.2) is 48.8 Å². The van der Waals surface area contributed by atoms with E-state index < -0.39 is 5.97 Å². The number of hydrogen-bond acceptors (Lipinski definition) is 3. The first-order valence-corrected chi connectivity index (χ1v) is 6.11. The molecule has 0 unspecified atom stereocenters. The molecule has 0 radical (unpaired) electrons. The van der Waals surface area contributed by atoms with Gasteiger partial charge in [0.1, 0.15) is 11.4 Å². The van der Waals surface area contributed by atoms with E-state index in [4.69, 9.17) is 5.11 Å².